The van der Waals surface area contributed by atoms with Crippen molar-refractivity contribution >= 4 is 17.3 Å². The number of aromatic nitrogens is 2. The van der Waals surface area contributed by atoms with E-state index in [0.29, 0.717) is 24.1 Å². The van der Waals surface area contributed by atoms with Crippen molar-refractivity contribution in [3.8, 4) is 0 Å². The number of rotatable bonds is 4. The zero-order valence-corrected chi connectivity index (χ0v) is 11.1. The average molecular weight is 280 g/mol. The van der Waals surface area contributed by atoms with Crippen LogP contribution in [-0.2, 0) is 11.3 Å². The minimum Gasteiger partial charge on any atom is -0.381 e. The van der Waals surface area contributed by atoms with Gasteiger partial charge >= 0.3 is 0 Å². The zero-order valence-electron chi connectivity index (χ0n) is 10.3. The molecule has 0 radical (unpaired) electrons. The summed E-state index contributed by atoms with van der Waals surface area (Å²) >= 11 is 5.82. The molecule has 1 saturated heterocycles. The molecule has 1 aromatic carbocycles. The van der Waals surface area contributed by atoms with Crippen molar-refractivity contribution in [1.29, 1.82) is 0 Å². The van der Waals surface area contributed by atoms with Crippen LogP contribution in [0.25, 0.3) is 0 Å². The summed E-state index contributed by atoms with van der Waals surface area (Å²) in [6.45, 7) is 1.96. The fraction of sp³-hybridized carbons (Fsp3) is 0.385. The van der Waals surface area contributed by atoms with E-state index in [4.69, 9.17) is 20.9 Å². The first-order valence-corrected chi connectivity index (χ1v) is 6.59. The van der Waals surface area contributed by atoms with Gasteiger partial charge < -0.3 is 14.6 Å². The van der Waals surface area contributed by atoms with Crippen molar-refractivity contribution in [1.82, 2.24) is 10.1 Å². The molecule has 1 unspecified atom stereocenters. The summed E-state index contributed by atoms with van der Waals surface area (Å²) in [4.78, 5) is 4.38. The van der Waals surface area contributed by atoms with E-state index < -0.39 is 0 Å². The molecule has 0 spiro atoms. The maximum Gasteiger partial charge on any atom is 0.245 e. The lowest BCUT2D eigenvalue weighted by Gasteiger charge is -2.02. The monoisotopic (exact) mass is 279 g/mol. The van der Waals surface area contributed by atoms with Crippen LogP contribution >= 0.6 is 11.6 Å². The number of ether oxygens (including phenoxy) is 1. The van der Waals surface area contributed by atoms with Crippen molar-refractivity contribution < 1.29 is 9.26 Å². The Morgan fingerprint density at radius 3 is 2.89 bits per heavy atom. The molecule has 1 atom stereocenters. The van der Waals surface area contributed by atoms with Gasteiger partial charge in [0.15, 0.2) is 5.82 Å². The highest BCUT2D eigenvalue weighted by atomic mass is 35.5. The minimum atomic E-state index is 0.271. The lowest BCUT2D eigenvalue weighted by atomic mass is 10.1. The van der Waals surface area contributed by atoms with E-state index >= 15 is 0 Å². The zero-order chi connectivity index (χ0) is 13.1. The molecule has 2 aromatic rings. The van der Waals surface area contributed by atoms with E-state index in [1.807, 2.05) is 24.3 Å². The molecule has 0 saturated carbocycles. The number of hydrogen-bond acceptors (Lipinski definition) is 5. The molecule has 1 aliphatic rings. The van der Waals surface area contributed by atoms with Gasteiger partial charge in [0.25, 0.3) is 0 Å². The van der Waals surface area contributed by atoms with Gasteiger partial charge in [-0.25, -0.2) is 0 Å². The van der Waals surface area contributed by atoms with Gasteiger partial charge in [0, 0.05) is 23.2 Å². The summed E-state index contributed by atoms with van der Waals surface area (Å²) in [5.74, 6) is 1.59. The lowest BCUT2D eigenvalue weighted by molar-refractivity contribution is 0.192. The maximum absolute atomic E-state index is 5.82. The second kappa shape index (κ2) is 5.59. The summed E-state index contributed by atoms with van der Waals surface area (Å²) < 4.78 is 10.5. The van der Waals surface area contributed by atoms with Crippen LogP contribution in [0.2, 0.25) is 5.02 Å². The smallest absolute Gasteiger partial charge is 0.245 e. The molecule has 100 valence electrons. The summed E-state index contributed by atoms with van der Waals surface area (Å²) in [7, 11) is 0. The molecule has 2 heterocycles. The van der Waals surface area contributed by atoms with E-state index in [1.54, 1.807) is 0 Å². The van der Waals surface area contributed by atoms with Gasteiger partial charge in [-0.3, -0.25) is 0 Å². The van der Waals surface area contributed by atoms with Crippen LogP contribution in [-0.4, -0.2) is 23.4 Å². The normalized spacial score (nSPS) is 18.7. The van der Waals surface area contributed by atoms with Gasteiger partial charge in [0.1, 0.15) is 0 Å². The molecular formula is C13H14ClN3O2. The van der Waals surface area contributed by atoms with Gasteiger partial charge in [-0.05, 0) is 30.7 Å². The van der Waals surface area contributed by atoms with Crippen molar-refractivity contribution in [3.05, 3.63) is 41.0 Å². The number of halogens is 1. The van der Waals surface area contributed by atoms with E-state index in [9.17, 15) is 0 Å². The van der Waals surface area contributed by atoms with Crippen LogP contribution in [0.15, 0.2) is 28.8 Å². The van der Waals surface area contributed by atoms with Gasteiger partial charge in [0.05, 0.1) is 13.2 Å². The highest BCUT2D eigenvalue weighted by molar-refractivity contribution is 6.30. The summed E-state index contributed by atoms with van der Waals surface area (Å²) in [5, 5.41) is 7.92. The van der Waals surface area contributed by atoms with Crippen molar-refractivity contribution in [2.24, 2.45) is 0 Å². The average Bonchev–Trinajstić information content (AvgIpc) is 3.09. The quantitative estimate of drug-likeness (QED) is 0.932. The molecule has 1 fully saturated rings. The van der Waals surface area contributed by atoms with E-state index in [-0.39, 0.29) is 5.92 Å². The molecule has 0 bridgehead atoms. The third kappa shape index (κ3) is 3.05. The van der Waals surface area contributed by atoms with Crippen LogP contribution in [0.5, 0.6) is 0 Å². The number of nitrogens with one attached hydrogen (secondary N) is 1. The largest absolute Gasteiger partial charge is 0.381 e. The summed E-state index contributed by atoms with van der Waals surface area (Å²) in [5.41, 5.74) is 0.966. The summed E-state index contributed by atoms with van der Waals surface area (Å²) in [6.07, 6.45) is 0.962. The van der Waals surface area contributed by atoms with Crippen LogP contribution in [0.3, 0.4) is 0 Å². The van der Waals surface area contributed by atoms with Crippen LogP contribution in [0.4, 0.5) is 5.69 Å². The first-order valence-electron chi connectivity index (χ1n) is 6.21. The SMILES string of the molecule is Clc1ccc(NCc2nc(C3CCOC3)no2)cc1. The Hall–Kier alpha value is -1.59. The van der Waals surface area contributed by atoms with Crippen molar-refractivity contribution in [2.45, 2.75) is 18.9 Å². The molecule has 6 heteroatoms. The molecule has 5 nitrogen and oxygen atoms in total. The third-order valence-corrected chi connectivity index (χ3v) is 3.32. The van der Waals surface area contributed by atoms with Crippen LogP contribution in [0.1, 0.15) is 24.1 Å². The van der Waals surface area contributed by atoms with Crippen LogP contribution in [0, 0.1) is 0 Å². The highest BCUT2D eigenvalue weighted by Crippen LogP contribution is 2.22. The molecule has 0 amide bonds. The Kier molecular flexibility index (Phi) is 3.66. The summed E-state index contributed by atoms with van der Waals surface area (Å²) in [6, 6.07) is 7.48. The number of benzene rings is 1. The predicted octanol–water partition coefficient (Wildman–Crippen LogP) is 2.84. The number of nitrogens with zero attached hydrogens (tertiary/aromatic N) is 2. The fourth-order valence-corrected chi connectivity index (χ4v) is 2.12. The molecule has 1 N–H and O–H groups in total. The second-order valence-corrected chi connectivity index (χ2v) is 4.90. The second-order valence-electron chi connectivity index (χ2n) is 4.47. The Morgan fingerprint density at radius 2 is 2.16 bits per heavy atom. The lowest BCUT2D eigenvalue weighted by Crippen LogP contribution is -2.02. The minimum absolute atomic E-state index is 0.271. The van der Waals surface area contributed by atoms with Crippen LogP contribution < -0.4 is 5.32 Å². The first-order chi connectivity index (χ1) is 9.31. The van der Waals surface area contributed by atoms with Gasteiger partial charge in [0.2, 0.25) is 5.89 Å². The Morgan fingerprint density at radius 1 is 1.32 bits per heavy atom. The molecule has 1 aliphatic heterocycles. The number of hydrogen-bond donors (Lipinski definition) is 1. The molecule has 1 aromatic heterocycles. The van der Waals surface area contributed by atoms with Crippen molar-refractivity contribution in [3.63, 3.8) is 0 Å². The predicted molar refractivity (Wildman–Crippen MR) is 71.3 cm³/mol. The first kappa shape index (κ1) is 12.4. The standard InChI is InChI=1S/C13H14ClN3O2/c14-10-1-3-11(4-2-10)15-7-12-16-13(17-19-12)9-5-6-18-8-9/h1-4,9,15H,5-8H2. The van der Waals surface area contributed by atoms with Gasteiger partial charge in [-0.1, -0.05) is 16.8 Å². The Labute approximate surface area is 115 Å². The van der Waals surface area contributed by atoms with Gasteiger partial charge in [-0.2, -0.15) is 4.98 Å². The van der Waals surface area contributed by atoms with E-state index in [0.717, 1.165) is 24.5 Å². The Bertz CT molecular complexity index is 535. The topological polar surface area (TPSA) is 60.2 Å². The van der Waals surface area contributed by atoms with Gasteiger partial charge in [-0.15, -0.1) is 0 Å². The highest BCUT2D eigenvalue weighted by Gasteiger charge is 2.22. The van der Waals surface area contributed by atoms with Crippen molar-refractivity contribution in [2.75, 3.05) is 18.5 Å². The third-order valence-electron chi connectivity index (χ3n) is 3.07. The fourth-order valence-electron chi connectivity index (χ4n) is 1.99. The van der Waals surface area contributed by atoms with E-state index in [1.165, 1.54) is 0 Å². The maximum atomic E-state index is 5.82. The Balaban J connectivity index is 1.59. The molecule has 0 aliphatic carbocycles. The molecule has 3 rings (SSSR count). The number of anilines is 1. The molecular weight excluding hydrogens is 266 g/mol. The van der Waals surface area contributed by atoms with E-state index in [2.05, 4.69) is 15.5 Å². The molecule has 19 heavy (non-hydrogen) atoms.